The van der Waals surface area contributed by atoms with Crippen molar-refractivity contribution in [2.75, 3.05) is 11.4 Å². The minimum Gasteiger partial charge on any atom is -0.337 e. The van der Waals surface area contributed by atoms with Gasteiger partial charge in [-0.1, -0.05) is 5.16 Å². The summed E-state index contributed by atoms with van der Waals surface area (Å²) in [7, 11) is 1.94. The lowest BCUT2D eigenvalue weighted by atomic mass is 10.1. The first-order valence-corrected chi connectivity index (χ1v) is 9.96. The molecule has 9 heteroatoms. The summed E-state index contributed by atoms with van der Waals surface area (Å²) in [5.41, 5.74) is 4.78. The number of aryl methyl sites for hydroxylation is 2. The number of hydrogen-bond donors (Lipinski definition) is 0. The van der Waals surface area contributed by atoms with Crippen LogP contribution in [-0.2, 0) is 7.05 Å². The monoisotopic (exact) mass is 402 g/mol. The number of nitrogens with zero attached hydrogens (tertiary/aromatic N) is 8. The van der Waals surface area contributed by atoms with Crippen LogP contribution in [0.3, 0.4) is 0 Å². The summed E-state index contributed by atoms with van der Waals surface area (Å²) >= 11 is 0. The largest absolute Gasteiger partial charge is 0.337 e. The molecule has 152 valence electrons. The fraction of sp³-hybridized carbons (Fsp3) is 0.333. The van der Waals surface area contributed by atoms with Crippen LogP contribution in [0.4, 0.5) is 5.95 Å². The van der Waals surface area contributed by atoms with Crippen LogP contribution in [0.1, 0.15) is 36.2 Å². The summed E-state index contributed by atoms with van der Waals surface area (Å²) in [5.74, 6) is 1.79. The fourth-order valence-electron chi connectivity index (χ4n) is 4.02. The Balaban J connectivity index is 1.47. The summed E-state index contributed by atoms with van der Waals surface area (Å²) in [6.45, 7) is 4.89. The first kappa shape index (κ1) is 18.4. The van der Waals surface area contributed by atoms with Crippen molar-refractivity contribution in [1.82, 2.24) is 34.9 Å². The molecule has 0 saturated carbocycles. The lowest BCUT2D eigenvalue weighted by Crippen LogP contribution is -2.25. The molecule has 1 atom stereocenters. The maximum atomic E-state index is 5.61. The van der Waals surface area contributed by atoms with E-state index in [0.717, 1.165) is 47.6 Å². The Morgan fingerprint density at radius 3 is 2.80 bits per heavy atom. The third kappa shape index (κ3) is 3.12. The Kier molecular flexibility index (Phi) is 4.50. The number of rotatable bonds is 4. The second-order valence-corrected chi connectivity index (χ2v) is 7.46. The highest BCUT2D eigenvalue weighted by atomic mass is 16.5. The standard InChI is InChI=1S/C21H22N8O/c1-13-18(14(2)28(3)26-13)16-8-10-23-21(24-16)29-11-5-7-17(29)20-25-19(27-30-20)15-6-4-9-22-12-15/h4,6,8-10,12,17H,5,7,11H2,1-3H3. The van der Waals surface area contributed by atoms with Gasteiger partial charge in [-0.3, -0.25) is 9.67 Å². The van der Waals surface area contributed by atoms with Gasteiger partial charge in [0.1, 0.15) is 6.04 Å². The Morgan fingerprint density at radius 2 is 2.03 bits per heavy atom. The maximum Gasteiger partial charge on any atom is 0.249 e. The van der Waals surface area contributed by atoms with E-state index in [1.807, 2.05) is 43.8 Å². The van der Waals surface area contributed by atoms with Crippen LogP contribution >= 0.6 is 0 Å². The summed E-state index contributed by atoms with van der Waals surface area (Å²) in [6.07, 6.45) is 7.17. The van der Waals surface area contributed by atoms with Gasteiger partial charge in [0.25, 0.3) is 0 Å². The number of anilines is 1. The van der Waals surface area contributed by atoms with Gasteiger partial charge >= 0.3 is 0 Å². The van der Waals surface area contributed by atoms with Crippen LogP contribution < -0.4 is 4.90 Å². The Hall–Kier alpha value is -3.62. The van der Waals surface area contributed by atoms with Crippen LogP contribution in [0.2, 0.25) is 0 Å². The third-order valence-corrected chi connectivity index (χ3v) is 5.56. The molecular weight excluding hydrogens is 380 g/mol. The molecule has 1 aliphatic heterocycles. The highest BCUT2D eigenvalue weighted by Gasteiger charge is 2.33. The van der Waals surface area contributed by atoms with E-state index in [0.29, 0.717) is 17.7 Å². The van der Waals surface area contributed by atoms with E-state index in [2.05, 4.69) is 30.1 Å². The van der Waals surface area contributed by atoms with Crippen molar-refractivity contribution in [1.29, 1.82) is 0 Å². The van der Waals surface area contributed by atoms with Gasteiger partial charge in [0, 0.05) is 49.0 Å². The second kappa shape index (κ2) is 7.33. The van der Waals surface area contributed by atoms with Crippen LogP contribution in [0.25, 0.3) is 22.6 Å². The van der Waals surface area contributed by atoms with E-state index in [1.54, 1.807) is 18.6 Å². The van der Waals surface area contributed by atoms with Crippen molar-refractivity contribution in [3.8, 4) is 22.6 Å². The second-order valence-electron chi connectivity index (χ2n) is 7.46. The molecule has 4 aromatic heterocycles. The molecule has 4 aromatic rings. The lowest BCUT2D eigenvalue weighted by molar-refractivity contribution is 0.354. The molecule has 1 saturated heterocycles. The summed E-state index contributed by atoms with van der Waals surface area (Å²) in [6, 6.07) is 5.65. The van der Waals surface area contributed by atoms with Crippen molar-refractivity contribution in [3.63, 3.8) is 0 Å². The third-order valence-electron chi connectivity index (χ3n) is 5.56. The van der Waals surface area contributed by atoms with Crippen molar-refractivity contribution in [2.24, 2.45) is 7.05 Å². The molecule has 0 aliphatic carbocycles. The van der Waals surface area contributed by atoms with Crippen LogP contribution in [0.5, 0.6) is 0 Å². The Morgan fingerprint density at radius 1 is 1.13 bits per heavy atom. The average Bonchev–Trinajstić information content (AvgIpc) is 3.48. The van der Waals surface area contributed by atoms with Gasteiger partial charge in [-0.25, -0.2) is 9.97 Å². The van der Waals surface area contributed by atoms with E-state index in [9.17, 15) is 0 Å². The number of hydrogen-bond acceptors (Lipinski definition) is 8. The molecule has 0 radical (unpaired) electrons. The first-order valence-electron chi connectivity index (χ1n) is 9.96. The van der Waals surface area contributed by atoms with Gasteiger partial charge in [0.05, 0.1) is 11.4 Å². The Labute approximate surface area is 173 Å². The van der Waals surface area contributed by atoms with Crippen molar-refractivity contribution in [3.05, 3.63) is 54.1 Å². The molecule has 1 aliphatic rings. The quantitative estimate of drug-likeness (QED) is 0.513. The van der Waals surface area contributed by atoms with E-state index in [1.165, 1.54) is 0 Å². The minimum atomic E-state index is -0.0470. The summed E-state index contributed by atoms with van der Waals surface area (Å²) in [4.78, 5) is 20.3. The zero-order chi connectivity index (χ0) is 20.7. The molecule has 5 heterocycles. The smallest absolute Gasteiger partial charge is 0.249 e. The number of aromatic nitrogens is 7. The number of pyridine rings is 1. The molecule has 0 amide bonds. The zero-order valence-electron chi connectivity index (χ0n) is 17.1. The predicted octanol–water partition coefficient (Wildman–Crippen LogP) is 3.28. The topological polar surface area (TPSA) is 98.7 Å². The molecule has 0 N–H and O–H groups in total. The summed E-state index contributed by atoms with van der Waals surface area (Å²) < 4.78 is 7.49. The maximum absolute atomic E-state index is 5.61. The van der Waals surface area contributed by atoms with Gasteiger partial charge in [-0.2, -0.15) is 10.1 Å². The minimum absolute atomic E-state index is 0.0470. The molecule has 1 fully saturated rings. The van der Waals surface area contributed by atoms with Crippen molar-refractivity contribution >= 4 is 5.95 Å². The molecule has 0 bridgehead atoms. The normalized spacial score (nSPS) is 16.4. The van der Waals surface area contributed by atoms with Gasteiger partial charge < -0.3 is 9.42 Å². The molecule has 0 spiro atoms. The van der Waals surface area contributed by atoms with Gasteiger partial charge in [-0.15, -0.1) is 0 Å². The van der Waals surface area contributed by atoms with E-state index in [4.69, 9.17) is 9.51 Å². The molecule has 9 nitrogen and oxygen atoms in total. The lowest BCUT2D eigenvalue weighted by Gasteiger charge is -2.22. The molecule has 5 rings (SSSR count). The van der Waals surface area contributed by atoms with Crippen LogP contribution in [0, 0.1) is 13.8 Å². The van der Waals surface area contributed by atoms with Crippen LogP contribution in [-0.4, -0.2) is 41.4 Å². The average molecular weight is 402 g/mol. The van der Waals surface area contributed by atoms with E-state index < -0.39 is 0 Å². The van der Waals surface area contributed by atoms with E-state index in [-0.39, 0.29) is 6.04 Å². The van der Waals surface area contributed by atoms with Crippen molar-refractivity contribution < 1.29 is 4.52 Å². The highest BCUT2D eigenvalue weighted by molar-refractivity contribution is 5.65. The molecule has 1 unspecified atom stereocenters. The summed E-state index contributed by atoms with van der Waals surface area (Å²) in [5, 5.41) is 8.66. The molecular formula is C21H22N8O. The van der Waals surface area contributed by atoms with Gasteiger partial charge in [0.15, 0.2) is 0 Å². The van der Waals surface area contributed by atoms with Crippen LogP contribution in [0.15, 0.2) is 41.3 Å². The van der Waals surface area contributed by atoms with Gasteiger partial charge in [-0.05, 0) is 44.9 Å². The molecule has 0 aromatic carbocycles. The van der Waals surface area contributed by atoms with Crippen molar-refractivity contribution in [2.45, 2.75) is 32.7 Å². The highest BCUT2D eigenvalue weighted by Crippen LogP contribution is 2.35. The fourth-order valence-corrected chi connectivity index (χ4v) is 4.02. The molecule has 30 heavy (non-hydrogen) atoms. The van der Waals surface area contributed by atoms with E-state index >= 15 is 0 Å². The predicted molar refractivity (Wildman–Crippen MR) is 111 cm³/mol. The first-order chi connectivity index (χ1) is 14.6. The Bertz CT molecular complexity index is 1180. The SMILES string of the molecule is Cc1nn(C)c(C)c1-c1ccnc(N2CCCC2c2nc(-c3cccnc3)no2)n1. The van der Waals surface area contributed by atoms with Gasteiger partial charge in [0.2, 0.25) is 17.7 Å². The zero-order valence-corrected chi connectivity index (χ0v) is 17.1.